The zero-order valence-corrected chi connectivity index (χ0v) is 16.8. The maximum atomic E-state index is 13.4. The molecule has 3 fully saturated rings. The summed E-state index contributed by atoms with van der Waals surface area (Å²) in [6, 6.07) is 11.8. The lowest BCUT2D eigenvalue weighted by atomic mass is 9.91. The van der Waals surface area contributed by atoms with Crippen LogP contribution in [0.1, 0.15) is 69.8 Å². The number of rotatable bonds is 6. The second-order valence-corrected chi connectivity index (χ2v) is 9.00. The molecule has 0 radical (unpaired) electrons. The molecule has 2 aliphatic carbocycles. The van der Waals surface area contributed by atoms with Gasteiger partial charge in [-0.3, -0.25) is 4.79 Å². The summed E-state index contributed by atoms with van der Waals surface area (Å²) in [6.07, 6.45) is 13.5. The van der Waals surface area contributed by atoms with Crippen LogP contribution >= 0.6 is 0 Å². The molecule has 1 amide bonds. The van der Waals surface area contributed by atoms with Gasteiger partial charge in [0.1, 0.15) is 0 Å². The van der Waals surface area contributed by atoms with Crippen molar-refractivity contribution in [3.8, 4) is 0 Å². The van der Waals surface area contributed by atoms with Gasteiger partial charge < -0.3 is 9.80 Å². The van der Waals surface area contributed by atoms with Gasteiger partial charge >= 0.3 is 0 Å². The van der Waals surface area contributed by atoms with Gasteiger partial charge in [-0.2, -0.15) is 0 Å². The van der Waals surface area contributed by atoms with Crippen LogP contribution in [-0.4, -0.2) is 47.4 Å². The quantitative estimate of drug-likeness (QED) is 0.729. The van der Waals surface area contributed by atoms with Crippen molar-refractivity contribution < 1.29 is 4.79 Å². The second kappa shape index (κ2) is 9.23. The van der Waals surface area contributed by atoms with Crippen molar-refractivity contribution in [1.29, 1.82) is 0 Å². The number of carbonyl (C=O) groups excluding carboxylic acids is 1. The van der Waals surface area contributed by atoms with E-state index in [0.29, 0.717) is 23.9 Å². The predicted molar refractivity (Wildman–Crippen MR) is 111 cm³/mol. The van der Waals surface area contributed by atoms with Gasteiger partial charge in [-0.15, -0.1) is 0 Å². The molecule has 1 heterocycles. The van der Waals surface area contributed by atoms with E-state index in [4.69, 9.17) is 0 Å². The van der Waals surface area contributed by atoms with Crippen molar-refractivity contribution in [3.05, 3.63) is 35.9 Å². The Hall–Kier alpha value is -1.35. The first kappa shape index (κ1) is 19.0. The van der Waals surface area contributed by atoms with Crippen molar-refractivity contribution in [2.45, 2.75) is 82.7 Å². The Bertz CT molecular complexity index is 590. The minimum Gasteiger partial charge on any atom is -0.335 e. The second-order valence-electron chi connectivity index (χ2n) is 9.00. The van der Waals surface area contributed by atoms with Crippen LogP contribution in [0.2, 0.25) is 0 Å². The topological polar surface area (TPSA) is 23.6 Å². The number of hydrogen-bond donors (Lipinski definition) is 0. The maximum Gasteiger partial charge on any atom is 0.226 e. The van der Waals surface area contributed by atoms with Gasteiger partial charge in [0.25, 0.3) is 0 Å². The molecule has 1 saturated heterocycles. The van der Waals surface area contributed by atoms with E-state index in [0.717, 1.165) is 38.9 Å². The number of nitrogens with zero attached hydrogens (tertiary/aromatic N) is 2. The third-order valence-corrected chi connectivity index (χ3v) is 7.13. The molecule has 1 aromatic carbocycles. The Morgan fingerprint density at radius 1 is 0.889 bits per heavy atom. The highest BCUT2D eigenvalue weighted by Gasteiger charge is 2.38. The standard InChI is InChI=1S/C24H36N2O/c27-24(21-11-7-8-12-21)26(22-13-5-2-6-14-22)23-16-18-25(19-23)17-15-20-9-3-1-4-10-20/h1,3-4,9-10,21-23H,2,5-8,11-19H2/t23-/m0/s1. The number of carbonyl (C=O) groups is 1. The molecule has 3 heteroatoms. The van der Waals surface area contributed by atoms with Crippen LogP contribution in [0.3, 0.4) is 0 Å². The van der Waals surface area contributed by atoms with E-state index in [2.05, 4.69) is 40.1 Å². The van der Waals surface area contributed by atoms with Crippen LogP contribution in [0.5, 0.6) is 0 Å². The Morgan fingerprint density at radius 2 is 1.59 bits per heavy atom. The highest BCUT2D eigenvalue weighted by molar-refractivity contribution is 5.80. The van der Waals surface area contributed by atoms with Crippen LogP contribution in [0.25, 0.3) is 0 Å². The van der Waals surface area contributed by atoms with Gasteiger partial charge in [-0.05, 0) is 44.1 Å². The van der Waals surface area contributed by atoms with E-state index < -0.39 is 0 Å². The first-order chi connectivity index (χ1) is 13.3. The van der Waals surface area contributed by atoms with E-state index in [1.165, 1.54) is 56.9 Å². The number of likely N-dealkylation sites (tertiary alicyclic amines) is 1. The molecule has 2 saturated carbocycles. The molecule has 27 heavy (non-hydrogen) atoms. The summed E-state index contributed by atoms with van der Waals surface area (Å²) in [6.45, 7) is 3.36. The van der Waals surface area contributed by atoms with Crippen molar-refractivity contribution >= 4 is 5.91 Å². The Balaban J connectivity index is 1.38. The van der Waals surface area contributed by atoms with Gasteiger partial charge in [0, 0.05) is 37.6 Å². The molecular weight excluding hydrogens is 332 g/mol. The average molecular weight is 369 g/mol. The molecule has 0 aromatic heterocycles. The molecule has 3 aliphatic rings. The third kappa shape index (κ3) is 4.74. The van der Waals surface area contributed by atoms with Crippen LogP contribution in [0.4, 0.5) is 0 Å². The van der Waals surface area contributed by atoms with Crippen molar-refractivity contribution in [3.63, 3.8) is 0 Å². The summed E-state index contributed by atoms with van der Waals surface area (Å²) in [5.74, 6) is 0.833. The molecule has 148 valence electrons. The monoisotopic (exact) mass is 368 g/mol. The van der Waals surface area contributed by atoms with Gasteiger partial charge in [0.2, 0.25) is 5.91 Å². The molecule has 0 unspecified atom stereocenters. The minimum absolute atomic E-state index is 0.324. The Kier molecular flexibility index (Phi) is 6.49. The van der Waals surface area contributed by atoms with E-state index in [1.54, 1.807) is 0 Å². The summed E-state index contributed by atoms with van der Waals surface area (Å²) in [5, 5.41) is 0. The van der Waals surface area contributed by atoms with Gasteiger partial charge in [0.15, 0.2) is 0 Å². The zero-order chi connectivity index (χ0) is 18.5. The molecule has 4 rings (SSSR count). The Morgan fingerprint density at radius 3 is 2.33 bits per heavy atom. The van der Waals surface area contributed by atoms with Crippen molar-refractivity contribution in [2.24, 2.45) is 5.92 Å². The largest absolute Gasteiger partial charge is 0.335 e. The highest BCUT2D eigenvalue weighted by Crippen LogP contribution is 2.33. The van der Waals surface area contributed by atoms with Crippen molar-refractivity contribution in [1.82, 2.24) is 9.80 Å². The fraction of sp³-hybridized carbons (Fsp3) is 0.708. The SMILES string of the molecule is O=C(C1CCCC1)N(C1CCCCC1)[C@H]1CCN(CCc2ccccc2)C1. The summed E-state index contributed by atoms with van der Waals surface area (Å²) in [7, 11) is 0. The first-order valence-electron chi connectivity index (χ1n) is 11.4. The zero-order valence-electron chi connectivity index (χ0n) is 16.8. The van der Waals surface area contributed by atoms with Gasteiger partial charge in [-0.25, -0.2) is 0 Å². The van der Waals surface area contributed by atoms with Gasteiger partial charge in [0.05, 0.1) is 0 Å². The molecule has 0 bridgehead atoms. The molecular formula is C24H36N2O. The molecule has 1 aliphatic heterocycles. The third-order valence-electron chi connectivity index (χ3n) is 7.13. The number of amides is 1. The number of benzene rings is 1. The smallest absolute Gasteiger partial charge is 0.226 e. The summed E-state index contributed by atoms with van der Waals surface area (Å²) in [5.41, 5.74) is 1.42. The average Bonchev–Trinajstić information content (AvgIpc) is 3.41. The van der Waals surface area contributed by atoms with Crippen LogP contribution in [-0.2, 0) is 11.2 Å². The minimum atomic E-state index is 0.324. The number of hydrogen-bond acceptors (Lipinski definition) is 2. The first-order valence-corrected chi connectivity index (χ1v) is 11.4. The van der Waals surface area contributed by atoms with E-state index in [-0.39, 0.29) is 0 Å². The van der Waals surface area contributed by atoms with Crippen molar-refractivity contribution in [2.75, 3.05) is 19.6 Å². The maximum absolute atomic E-state index is 13.4. The molecule has 3 nitrogen and oxygen atoms in total. The van der Waals surface area contributed by atoms with E-state index in [9.17, 15) is 4.79 Å². The fourth-order valence-corrected chi connectivity index (χ4v) is 5.58. The highest BCUT2D eigenvalue weighted by atomic mass is 16.2. The van der Waals surface area contributed by atoms with Crippen LogP contribution < -0.4 is 0 Å². The van der Waals surface area contributed by atoms with E-state index >= 15 is 0 Å². The fourth-order valence-electron chi connectivity index (χ4n) is 5.58. The van der Waals surface area contributed by atoms with E-state index in [1.807, 2.05) is 0 Å². The molecule has 0 N–H and O–H groups in total. The Labute approximate surface area is 165 Å². The van der Waals surface area contributed by atoms with Crippen LogP contribution in [0.15, 0.2) is 30.3 Å². The lowest BCUT2D eigenvalue weighted by molar-refractivity contribution is -0.141. The summed E-state index contributed by atoms with van der Waals surface area (Å²) < 4.78 is 0. The van der Waals surface area contributed by atoms with Gasteiger partial charge in [-0.1, -0.05) is 62.4 Å². The predicted octanol–water partition coefficient (Wildman–Crippen LogP) is 4.65. The molecule has 1 atom stereocenters. The lowest BCUT2D eigenvalue weighted by Crippen LogP contribution is -2.51. The summed E-state index contributed by atoms with van der Waals surface area (Å²) >= 11 is 0. The summed E-state index contributed by atoms with van der Waals surface area (Å²) in [4.78, 5) is 18.4. The molecule has 0 spiro atoms. The normalized spacial score (nSPS) is 25.1. The van der Waals surface area contributed by atoms with Crippen LogP contribution in [0, 0.1) is 5.92 Å². The lowest BCUT2D eigenvalue weighted by Gasteiger charge is -2.40. The molecule has 1 aromatic rings.